The molecule has 1 atom stereocenters. The van der Waals surface area contributed by atoms with Gasteiger partial charge in [0.25, 0.3) is 0 Å². The Morgan fingerprint density at radius 2 is 2.27 bits per heavy atom. The molecule has 0 heterocycles. The van der Waals surface area contributed by atoms with Crippen LogP contribution >= 0.6 is 0 Å². The second-order valence-electron chi connectivity index (χ2n) is 2.81. The molecule has 0 aliphatic heterocycles. The fraction of sp³-hybridized carbons (Fsp3) is 0.500. The maximum atomic E-state index is 10.2. The third kappa shape index (κ3) is 4.54. The summed E-state index contributed by atoms with van der Waals surface area (Å²) in [7, 11) is 0. The van der Waals surface area contributed by atoms with Gasteiger partial charge in [-0.25, -0.2) is 0 Å². The monoisotopic (exact) mass is 152 g/mol. The molecule has 0 unspecified atom stereocenters. The normalized spacial score (nSPS) is 12.1. The SMILES string of the molecule is C=CCC[C@H](CC=O)C(=C)C. The lowest BCUT2D eigenvalue weighted by Gasteiger charge is -2.11. The molecule has 0 saturated carbocycles. The zero-order chi connectivity index (χ0) is 8.69. The van der Waals surface area contributed by atoms with Crippen LogP contribution in [0.3, 0.4) is 0 Å². The molecule has 0 aromatic carbocycles. The van der Waals surface area contributed by atoms with Crippen LogP contribution in [-0.4, -0.2) is 6.29 Å². The van der Waals surface area contributed by atoms with E-state index < -0.39 is 0 Å². The van der Waals surface area contributed by atoms with Crippen LogP contribution in [0.15, 0.2) is 24.8 Å². The second-order valence-corrected chi connectivity index (χ2v) is 2.81. The molecular formula is C10H16O. The lowest BCUT2D eigenvalue weighted by atomic mass is 9.94. The minimum absolute atomic E-state index is 0.352. The highest BCUT2D eigenvalue weighted by Crippen LogP contribution is 2.17. The number of rotatable bonds is 6. The average molecular weight is 152 g/mol. The zero-order valence-corrected chi connectivity index (χ0v) is 7.18. The highest BCUT2D eigenvalue weighted by atomic mass is 16.1. The highest BCUT2D eigenvalue weighted by Gasteiger charge is 2.06. The van der Waals surface area contributed by atoms with Gasteiger partial charge in [0.1, 0.15) is 6.29 Å². The van der Waals surface area contributed by atoms with Gasteiger partial charge in [-0.2, -0.15) is 0 Å². The molecule has 0 bridgehead atoms. The highest BCUT2D eigenvalue weighted by molar-refractivity contribution is 5.50. The van der Waals surface area contributed by atoms with Crippen LogP contribution in [0, 0.1) is 5.92 Å². The molecule has 0 aliphatic carbocycles. The van der Waals surface area contributed by atoms with E-state index in [-0.39, 0.29) is 0 Å². The lowest BCUT2D eigenvalue weighted by molar-refractivity contribution is -0.108. The van der Waals surface area contributed by atoms with E-state index in [4.69, 9.17) is 0 Å². The number of allylic oxidation sites excluding steroid dienone is 2. The first-order valence-electron chi connectivity index (χ1n) is 3.92. The van der Waals surface area contributed by atoms with Crippen LogP contribution in [0.2, 0.25) is 0 Å². The number of hydrogen-bond donors (Lipinski definition) is 0. The van der Waals surface area contributed by atoms with Gasteiger partial charge in [0.15, 0.2) is 0 Å². The van der Waals surface area contributed by atoms with E-state index in [9.17, 15) is 4.79 Å². The van der Waals surface area contributed by atoms with Gasteiger partial charge < -0.3 is 4.79 Å². The van der Waals surface area contributed by atoms with Crippen LogP contribution < -0.4 is 0 Å². The number of aldehydes is 1. The molecule has 11 heavy (non-hydrogen) atoms. The van der Waals surface area contributed by atoms with Crippen LogP contribution in [0.5, 0.6) is 0 Å². The van der Waals surface area contributed by atoms with E-state index >= 15 is 0 Å². The number of carbonyl (C=O) groups excluding carboxylic acids is 1. The molecular weight excluding hydrogens is 136 g/mol. The van der Waals surface area contributed by atoms with E-state index in [0.717, 1.165) is 24.7 Å². The first-order valence-corrected chi connectivity index (χ1v) is 3.92. The van der Waals surface area contributed by atoms with Gasteiger partial charge in [0, 0.05) is 6.42 Å². The summed E-state index contributed by atoms with van der Waals surface area (Å²) in [5.41, 5.74) is 1.10. The lowest BCUT2D eigenvalue weighted by Crippen LogP contribution is -2.01. The summed E-state index contributed by atoms with van der Waals surface area (Å²) < 4.78 is 0. The quantitative estimate of drug-likeness (QED) is 0.422. The second kappa shape index (κ2) is 5.90. The number of carbonyl (C=O) groups is 1. The maximum absolute atomic E-state index is 10.2. The number of hydrogen-bond acceptors (Lipinski definition) is 1. The molecule has 0 radical (unpaired) electrons. The van der Waals surface area contributed by atoms with Crippen molar-refractivity contribution in [1.29, 1.82) is 0 Å². The maximum Gasteiger partial charge on any atom is 0.120 e. The first kappa shape index (κ1) is 10.2. The van der Waals surface area contributed by atoms with Crippen molar-refractivity contribution in [1.82, 2.24) is 0 Å². The fourth-order valence-electron chi connectivity index (χ4n) is 1.00. The van der Waals surface area contributed by atoms with Crippen molar-refractivity contribution in [2.45, 2.75) is 26.2 Å². The van der Waals surface area contributed by atoms with Gasteiger partial charge in [0.05, 0.1) is 0 Å². The fourth-order valence-corrected chi connectivity index (χ4v) is 1.00. The van der Waals surface area contributed by atoms with Crippen LogP contribution in [0.1, 0.15) is 26.2 Å². The molecule has 0 fully saturated rings. The molecule has 0 amide bonds. The molecule has 0 aliphatic rings. The van der Waals surface area contributed by atoms with E-state index in [2.05, 4.69) is 13.2 Å². The summed E-state index contributed by atoms with van der Waals surface area (Å²) in [6.45, 7) is 9.44. The Hall–Kier alpha value is -0.850. The Morgan fingerprint density at radius 3 is 2.64 bits per heavy atom. The summed E-state index contributed by atoms with van der Waals surface area (Å²) in [5, 5.41) is 0. The topological polar surface area (TPSA) is 17.1 Å². The van der Waals surface area contributed by atoms with Crippen molar-refractivity contribution < 1.29 is 4.79 Å². The minimum atomic E-state index is 0.352. The Morgan fingerprint density at radius 1 is 1.64 bits per heavy atom. The van der Waals surface area contributed by atoms with E-state index in [1.807, 2.05) is 13.0 Å². The Bertz CT molecular complexity index is 147. The largest absolute Gasteiger partial charge is 0.303 e. The van der Waals surface area contributed by atoms with Gasteiger partial charge in [-0.1, -0.05) is 18.2 Å². The van der Waals surface area contributed by atoms with Crippen molar-refractivity contribution >= 4 is 6.29 Å². The predicted octanol–water partition coefficient (Wildman–Crippen LogP) is 2.73. The van der Waals surface area contributed by atoms with Crippen molar-refractivity contribution in [3.8, 4) is 0 Å². The van der Waals surface area contributed by atoms with Gasteiger partial charge in [-0.3, -0.25) is 0 Å². The van der Waals surface area contributed by atoms with E-state index in [1.54, 1.807) is 0 Å². The molecule has 0 N–H and O–H groups in total. The van der Waals surface area contributed by atoms with Gasteiger partial charge in [-0.15, -0.1) is 6.58 Å². The van der Waals surface area contributed by atoms with Crippen molar-refractivity contribution in [3.63, 3.8) is 0 Å². The summed E-state index contributed by atoms with van der Waals surface area (Å²) in [5.74, 6) is 0.352. The summed E-state index contributed by atoms with van der Waals surface area (Å²) in [4.78, 5) is 10.2. The van der Waals surface area contributed by atoms with E-state index in [1.165, 1.54) is 0 Å². The average Bonchev–Trinajstić information content (AvgIpc) is 1.97. The van der Waals surface area contributed by atoms with Crippen LogP contribution in [-0.2, 0) is 4.79 Å². The molecule has 0 aromatic heterocycles. The smallest absolute Gasteiger partial charge is 0.120 e. The predicted molar refractivity (Wildman–Crippen MR) is 48.4 cm³/mol. The van der Waals surface area contributed by atoms with E-state index in [0.29, 0.717) is 12.3 Å². The van der Waals surface area contributed by atoms with Crippen LogP contribution in [0.25, 0.3) is 0 Å². The third-order valence-corrected chi connectivity index (χ3v) is 1.80. The standard InChI is InChI=1S/C10H16O/c1-4-5-6-10(7-8-11)9(2)3/h4,8,10H,1-2,5-7H2,3H3/t10-/m1/s1. The molecule has 0 aromatic rings. The molecule has 0 saturated heterocycles. The summed E-state index contributed by atoms with van der Waals surface area (Å²) >= 11 is 0. The van der Waals surface area contributed by atoms with Crippen molar-refractivity contribution in [2.75, 3.05) is 0 Å². The molecule has 0 rings (SSSR count). The minimum Gasteiger partial charge on any atom is -0.303 e. The molecule has 62 valence electrons. The van der Waals surface area contributed by atoms with Crippen molar-refractivity contribution in [3.05, 3.63) is 24.8 Å². The Balaban J connectivity index is 3.77. The zero-order valence-electron chi connectivity index (χ0n) is 7.18. The first-order chi connectivity index (χ1) is 5.22. The summed E-state index contributed by atoms with van der Waals surface area (Å²) in [6, 6.07) is 0. The molecule has 1 heteroatoms. The Labute approximate surface area is 68.8 Å². The third-order valence-electron chi connectivity index (χ3n) is 1.80. The molecule has 0 spiro atoms. The molecule has 1 nitrogen and oxygen atoms in total. The van der Waals surface area contributed by atoms with Crippen molar-refractivity contribution in [2.24, 2.45) is 5.92 Å². The van der Waals surface area contributed by atoms with Gasteiger partial charge in [0.2, 0.25) is 0 Å². The van der Waals surface area contributed by atoms with Crippen LogP contribution in [0.4, 0.5) is 0 Å². The summed E-state index contributed by atoms with van der Waals surface area (Å²) in [6.07, 6.45) is 5.40. The Kier molecular flexibility index (Phi) is 5.44. The van der Waals surface area contributed by atoms with Gasteiger partial charge >= 0.3 is 0 Å². The van der Waals surface area contributed by atoms with Gasteiger partial charge in [-0.05, 0) is 25.7 Å².